The molecule has 0 atom stereocenters. The molecule has 0 saturated carbocycles. The molecule has 3 rings (SSSR count). The van der Waals surface area contributed by atoms with Crippen molar-refractivity contribution >= 4 is 40.1 Å². The van der Waals surface area contributed by atoms with E-state index in [-0.39, 0.29) is 23.2 Å². The minimum absolute atomic E-state index is 0.256. The van der Waals surface area contributed by atoms with Crippen LogP contribution in [0.2, 0.25) is 0 Å². The second kappa shape index (κ2) is 8.53. The Labute approximate surface area is 169 Å². The van der Waals surface area contributed by atoms with Gasteiger partial charge in [0, 0.05) is 5.69 Å². The highest BCUT2D eigenvalue weighted by Gasteiger charge is 2.21. The standard InChI is InChI=1S/C18H17FN4O3S2/c1-4-26-16(25)14-10(2)21-17(28-14)22-15(24)13-9-20-18(27-3)23(13)12-7-5-11(19)6-8-12/h5-9H,4H2,1-3H3,(H,21,22,24). The Balaban J connectivity index is 1.90. The molecule has 2 aromatic heterocycles. The molecule has 7 nitrogen and oxygen atoms in total. The number of nitrogens with one attached hydrogen (secondary N) is 1. The van der Waals surface area contributed by atoms with E-state index in [2.05, 4.69) is 15.3 Å². The maximum atomic E-state index is 13.3. The number of amides is 1. The van der Waals surface area contributed by atoms with Gasteiger partial charge in [-0.2, -0.15) is 0 Å². The lowest BCUT2D eigenvalue weighted by atomic mass is 10.3. The minimum atomic E-state index is -0.473. The molecule has 0 spiro atoms. The molecule has 0 unspecified atom stereocenters. The molecule has 10 heteroatoms. The number of aryl methyl sites for hydroxylation is 1. The molecule has 1 aromatic carbocycles. The summed E-state index contributed by atoms with van der Waals surface area (Å²) < 4.78 is 19.9. The van der Waals surface area contributed by atoms with E-state index in [9.17, 15) is 14.0 Å². The van der Waals surface area contributed by atoms with Gasteiger partial charge in [0.15, 0.2) is 10.3 Å². The monoisotopic (exact) mass is 420 g/mol. The fourth-order valence-corrected chi connectivity index (χ4v) is 3.88. The molecule has 0 saturated heterocycles. The number of esters is 1. The molecule has 2 heterocycles. The van der Waals surface area contributed by atoms with E-state index in [1.54, 1.807) is 30.5 Å². The van der Waals surface area contributed by atoms with Gasteiger partial charge in [0.05, 0.1) is 18.5 Å². The molecule has 146 valence electrons. The van der Waals surface area contributed by atoms with Crippen LogP contribution in [0.15, 0.2) is 35.6 Å². The Morgan fingerprint density at radius 3 is 2.68 bits per heavy atom. The number of hydrogen-bond donors (Lipinski definition) is 1. The highest BCUT2D eigenvalue weighted by Crippen LogP contribution is 2.26. The van der Waals surface area contributed by atoms with E-state index in [0.29, 0.717) is 21.4 Å². The summed E-state index contributed by atoms with van der Waals surface area (Å²) in [5.41, 5.74) is 1.35. The Kier molecular flexibility index (Phi) is 6.10. The van der Waals surface area contributed by atoms with Gasteiger partial charge in [-0.1, -0.05) is 23.1 Å². The highest BCUT2D eigenvalue weighted by atomic mass is 32.2. The first kappa shape index (κ1) is 20.0. The van der Waals surface area contributed by atoms with Gasteiger partial charge in [-0.15, -0.1) is 0 Å². The van der Waals surface area contributed by atoms with E-state index in [0.717, 1.165) is 11.3 Å². The number of thioether (sulfide) groups is 1. The zero-order chi connectivity index (χ0) is 20.3. The largest absolute Gasteiger partial charge is 0.462 e. The summed E-state index contributed by atoms with van der Waals surface area (Å²) in [5, 5.41) is 3.56. The lowest BCUT2D eigenvalue weighted by Crippen LogP contribution is -2.16. The van der Waals surface area contributed by atoms with Crippen molar-refractivity contribution in [2.45, 2.75) is 19.0 Å². The first-order valence-electron chi connectivity index (χ1n) is 8.28. The quantitative estimate of drug-likeness (QED) is 0.480. The number of thiazole rings is 1. The van der Waals surface area contributed by atoms with E-state index >= 15 is 0 Å². The van der Waals surface area contributed by atoms with Crippen molar-refractivity contribution in [1.82, 2.24) is 14.5 Å². The van der Waals surface area contributed by atoms with Gasteiger partial charge in [0.2, 0.25) is 0 Å². The fourth-order valence-electron chi connectivity index (χ4n) is 2.48. The fraction of sp³-hybridized carbons (Fsp3) is 0.222. The van der Waals surface area contributed by atoms with Crippen LogP contribution in [-0.4, -0.2) is 39.3 Å². The van der Waals surface area contributed by atoms with Crippen LogP contribution in [0.1, 0.15) is 32.8 Å². The Bertz CT molecular complexity index is 1010. The van der Waals surface area contributed by atoms with Gasteiger partial charge in [-0.05, 0) is 44.4 Å². The first-order chi connectivity index (χ1) is 13.4. The van der Waals surface area contributed by atoms with Crippen molar-refractivity contribution in [2.75, 3.05) is 18.2 Å². The summed E-state index contributed by atoms with van der Waals surface area (Å²) >= 11 is 2.40. The smallest absolute Gasteiger partial charge is 0.350 e. The number of carbonyl (C=O) groups is 2. The molecular weight excluding hydrogens is 403 g/mol. The number of imidazole rings is 1. The Morgan fingerprint density at radius 1 is 1.32 bits per heavy atom. The number of nitrogens with zero attached hydrogens (tertiary/aromatic N) is 3. The zero-order valence-corrected chi connectivity index (χ0v) is 17.0. The van der Waals surface area contributed by atoms with Gasteiger partial charge < -0.3 is 4.74 Å². The Morgan fingerprint density at radius 2 is 2.04 bits per heavy atom. The maximum Gasteiger partial charge on any atom is 0.350 e. The van der Waals surface area contributed by atoms with Crippen LogP contribution in [0.5, 0.6) is 0 Å². The topological polar surface area (TPSA) is 86.1 Å². The zero-order valence-electron chi connectivity index (χ0n) is 15.4. The van der Waals surface area contributed by atoms with Crippen LogP contribution in [0.4, 0.5) is 9.52 Å². The number of hydrogen-bond acceptors (Lipinski definition) is 7. The van der Waals surface area contributed by atoms with Gasteiger partial charge >= 0.3 is 5.97 Å². The normalized spacial score (nSPS) is 10.7. The number of carbonyl (C=O) groups excluding carboxylic acids is 2. The van der Waals surface area contributed by atoms with Crippen LogP contribution in [0.25, 0.3) is 5.69 Å². The number of benzene rings is 1. The van der Waals surface area contributed by atoms with Crippen LogP contribution in [0.3, 0.4) is 0 Å². The third-order valence-corrected chi connectivity index (χ3v) is 5.41. The van der Waals surface area contributed by atoms with Crippen LogP contribution in [-0.2, 0) is 4.74 Å². The molecule has 1 N–H and O–H groups in total. The van der Waals surface area contributed by atoms with Gasteiger partial charge in [-0.3, -0.25) is 14.7 Å². The van der Waals surface area contributed by atoms with E-state index in [1.807, 2.05) is 6.26 Å². The van der Waals surface area contributed by atoms with Crippen molar-refractivity contribution in [1.29, 1.82) is 0 Å². The van der Waals surface area contributed by atoms with Crippen LogP contribution in [0, 0.1) is 12.7 Å². The average molecular weight is 420 g/mol. The molecule has 0 aliphatic carbocycles. The van der Waals surface area contributed by atoms with Crippen molar-refractivity contribution in [3.63, 3.8) is 0 Å². The molecule has 1 amide bonds. The van der Waals surface area contributed by atoms with Crippen LogP contribution >= 0.6 is 23.1 Å². The van der Waals surface area contributed by atoms with Gasteiger partial charge in [0.1, 0.15) is 16.4 Å². The SMILES string of the molecule is CCOC(=O)c1sc(NC(=O)c2cnc(SC)n2-c2ccc(F)cc2)nc1C. The lowest BCUT2D eigenvalue weighted by molar-refractivity contribution is 0.0531. The molecular formula is C18H17FN4O3S2. The molecule has 0 aliphatic rings. The van der Waals surface area contributed by atoms with Crippen molar-refractivity contribution in [3.05, 3.63) is 52.5 Å². The van der Waals surface area contributed by atoms with E-state index < -0.39 is 11.9 Å². The maximum absolute atomic E-state index is 13.3. The van der Waals surface area contributed by atoms with Crippen molar-refractivity contribution < 1.29 is 18.7 Å². The van der Waals surface area contributed by atoms with Crippen molar-refractivity contribution in [2.24, 2.45) is 0 Å². The third kappa shape index (κ3) is 4.07. The van der Waals surface area contributed by atoms with Gasteiger partial charge in [0.25, 0.3) is 5.91 Å². The van der Waals surface area contributed by atoms with E-state index in [4.69, 9.17) is 4.74 Å². The van der Waals surface area contributed by atoms with Crippen LogP contribution < -0.4 is 5.32 Å². The van der Waals surface area contributed by atoms with E-state index in [1.165, 1.54) is 30.1 Å². The molecule has 28 heavy (non-hydrogen) atoms. The molecule has 0 aliphatic heterocycles. The lowest BCUT2D eigenvalue weighted by Gasteiger charge is -2.10. The second-order valence-corrected chi connectivity index (χ2v) is 7.32. The average Bonchev–Trinajstić information content (AvgIpc) is 3.26. The molecule has 3 aromatic rings. The third-order valence-electron chi connectivity index (χ3n) is 3.71. The number of ether oxygens (including phenoxy) is 1. The summed E-state index contributed by atoms with van der Waals surface area (Å²) in [6.45, 7) is 3.65. The number of rotatable bonds is 6. The number of halogens is 1. The summed E-state index contributed by atoms with van der Waals surface area (Å²) in [5.74, 6) is -1.29. The Hall–Kier alpha value is -2.72. The summed E-state index contributed by atoms with van der Waals surface area (Å²) in [6.07, 6.45) is 3.27. The number of aromatic nitrogens is 3. The van der Waals surface area contributed by atoms with Crippen molar-refractivity contribution in [3.8, 4) is 5.69 Å². The summed E-state index contributed by atoms with van der Waals surface area (Å²) in [6, 6.07) is 5.77. The first-order valence-corrected chi connectivity index (χ1v) is 10.3. The predicted molar refractivity (Wildman–Crippen MR) is 106 cm³/mol. The minimum Gasteiger partial charge on any atom is -0.462 e. The highest BCUT2D eigenvalue weighted by molar-refractivity contribution is 7.98. The molecule has 0 bridgehead atoms. The summed E-state index contributed by atoms with van der Waals surface area (Å²) in [7, 11) is 0. The summed E-state index contributed by atoms with van der Waals surface area (Å²) in [4.78, 5) is 33.6. The second-order valence-electron chi connectivity index (χ2n) is 5.55. The molecule has 0 fully saturated rings. The predicted octanol–water partition coefficient (Wildman–Crippen LogP) is 3.93. The van der Waals surface area contributed by atoms with Gasteiger partial charge in [-0.25, -0.2) is 19.2 Å². The number of anilines is 1. The molecule has 0 radical (unpaired) electrons.